The summed E-state index contributed by atoms with van der Waals surface area (Å²) in [6.45, 7) is -1.10. The largest absolute Gasteiger partial charge is 1.00 e. The minimum Gasteiger partial charge on any atom is -0.748 e. The average molecular weight is 409 g/mol. The minimum absolute atomic E-state index is 0. The van der Waals surface area contributed by atoms with Crippen molar-refractivity contribution in [2.24, 2.45) is 0 Å². The standard InChI is InChI=1S/C13H23F6NO3S.Na/c14-12(15,16)20(13(17,18)19)10-8-6-4-2-1-3-5-7-9-11-24(21,22)23;/h1-11H2,(H,21,22,23);/q;+1/p-1. The molecule has 0 aromatic heterocycles. The van der Waals surface area contributed by atoms with Crippen LogP contribution in [0.1, 0.15) is 57.8 Å². The zero-order valence-corrected chi connectivity index (χ0v) is 16.9. The van der Waals surface area contributed by atoms with Gasteiger partial charge in [0.1, 0.15) is 0 Å². The van der Waals surface area contributed by atoms with Crippen molar-refractivity contribution in [3.8, 4) is 0 Å². The van der Waals surface area contributed by atoms with E-state index in [2.05, 4.69) is 0 Å². The maximum atomic E-state index is 12.2. The molecular formula is C13H22F6NNaO3S. The summed E-state index contributed by atoms with van der Waals surface area (Å²) >= 11 is 0. The van der Waals surface area contributed by atoms with Gasteiger partial charge in [0.15, 0.2) is 0 Å². The summed E-state index contributed by atoms with van der Waals surface area (Å²) in [4.78, 5) is -1.41. The molecule has 0 aliphatic carbocycles. The third kappa shape index (κ3) is 16.4. The van der Waals surface area contributed by atoms with Gasteiger partial charge in [-0.25, -0.2) is 8.42 Å². The van der Waals surface area contributed by atoms with Crippen molar-refractivity contribution in [2.75, 3.05) is 12.3 Å². The molecule has 0 aliphatic heterocycles. The fraction of sp³-hybridized carbons (Fsp3) is 1.00. The molecule has 0 radical (unpaired) electrons. The molecule has 0 unspecified atom stereocenters. The van der Waals surface area contributed by atoms with Gasteiger partial charge in [0.25, 0.3) is 0 Å². The number of unbranched alkanes of at least 4 members (excludes halogenated alkanes) is 8. The molecule has 12 heteroatoms. The van der Waals surface area contributed by atoms with Crippen LogP contribution in [-0.4, -0.2) is 42.8 Å². The maximum Gasteiger partial charge on any atom is 1.00 e. The molecule has 0 atom stereocenters. The molecule has 4 nitrogen and oxygen atoms in total. The van der Waals surface area contributed by atoms with Gasteiger partial charge in [0.2, 0.25) is 0 Å². The number of hydrogen-bond donors (Lipinski definition) is 0. The van der Waals surface area contributed by atoms with E-state index in [0.29, 0.717) is 25.7 Å². The van der Waals surface area contributed by atoms with Gasteiger partial charge < -0.3 is 4.55 Å². The first-order valence-corrected chi connectivity index (χ1v) is 9.26. The van der Waals surface area contributed by atoms with Crippen LogP contribution in [0.2, 0.25) is 0 Å². The summed E-state index contributed by atoms with van der Waals surface area (Å²) in [6, 6.07) is 0. The Labute approximate surface area is 166 Å². The Bertz CT molecular complexity index is 428. The molecule has 146 valence electrons. The van der Waals surface area contributed by atoms with Crippen molar-refractivity contribution in [2.45, 2.75) is 70.4 Å². The summed E-state index contributed by atoms with van der Waals surface area (Å²) < 4.78 is 104. The summed E-state index contributed by atoms with van der Waals surface area (Å²) in [5.74, 6) is -0.387. The number of hydrogen-bond acceptors (Lipinski definition) is 4. The van der Waals surface area contributed by atoms with Crippen LogP contribution in [0, 0.1) is 0 Å². The van der Waals surface area contributed by atoms with Gasteiger partial charge in [0.05, 0.1) is 10.1 Å². The van der Waals surface area contributed by atoms with E-state index in [1.54, 1.807) is 0 Å². The Morgan fingerprint density at radius 3 is 1.32 bits per heavy atom. The van der Waals surface area contributed by atoms with Crippen molar-refractivity contribution in [1.29, 1.82) is 0 Å². The van der Waals surface area contributed by atoms with Crippen LogP contribution in [0.25, 0.3) is 0 Å². The predicted octanol–water partition coefficient (Wildman–Crippen LogP) is 1.39. The second-order valence-electron chi connectivity index (χ2n) is 5.53. The van der Waals surface area contributed by atoms with Crippen molar-refractivity contribution in [3.63, 3.8) is 0 Å². The van der Waals surface area contributed by atoms with Crippen LogP contribution in [0.15, 0.2) is 0 Å². The van der Waals surface area contributed by atoms with Gasteiger partial charge in [0, 0.05) is 12.3 Å². The Hall–Kier alpha value is 0.450. The molecule has 0 heterocycles. The number of halogens is 6. The van der Waals surface area contributed by atoms with Crippen LogP contribution in [-0.2, 0) is 10.1 Å². The van der Waals surface area contributed by atoms with Crippen molar-refractivity contribution < 1.29 is 68.9 Å². The quantitative estimate of drug-likeness (QED) is 0.161. The number of rotatable bonds is 12. The van der Waals surface area contributed by atoms with E-state index in [0.717, 1.165) is 19.3 Å². The maximum absolute atomic E-state index is 12.2. The summed E-state index contributed by atoms with van der Waals surface area (Å²) in [5.41, 5.74) is 0. The number of alkyl halides is 6. The molecule has 25 heavy (non-hydrogen) atoms. The molecule has 0 aliphatic rings. The normalized spacial score (nSPS) is 13.1. The first-order chi connectivity index (χ1) is 10.8. The van der Waals surface area contributed by atoms with E-state index in [1.165, 1.54) is 0 Å². The van der Waals surface area contributed by atoms with Gasteiger partial charge in [-0.3, -0.25) is 0 Å². The molecule has 0 saturated carbocycles. The minimum atomic E-state index is -5.42. The van der Waals surface area contributed by atoms with Gasteiger partial charge >= 0.3 is 42.2 Å². The average Bonchev–Trinajstić information content (AvgIpc) is 2.35. The Morgan fingerprint density at radius 1 is 0.680 bits per heavy atom. The van der Waals surface area contributed by atoms with E-state index >= 15 is 0 Å². The predicted molar refractivity (Wildman–Crippen MR) is 74.9 cm³/mol. The van der Waals surface area contributed by atoms with Crippen molar-refractivity contribution in [1.82, 2.24) is 4.90 Å². The van der Waals surface area contributed by atoms with Crippen LogP contribution >= 0.6 is 0 Å². The Balaban J connectivity index is 0. The topological polar surface area (TPSA) is 60.4 Å². The molecule has 0 saturated heterocycles. The molecule has 0 spiro atoms. The van der Waals surface area contributed by atoms with E-state index in [-0.39, 0.29) is 48.2 Å². The van der Waals surface area contributed by atoms with Crippen LogP contribution < -0.4 is 29.6 Å². The number of nitrogens with zero attached hydrogens (tertiary/aromatic N) is 1. The first kappa shape index (κ1) is 27.7. The summed E-state index contributed by atoms with van der Waals surface area (Å²) in [6.07, 6.45) is -6.32. The molecule has 0 fully saturated rings. The van der Waals surface area contributed by atoms with Crippen LogP contribution in [0.3, 0.4) is 0 Å². The first-order valence-electron chi connectivity index (χ1n) is 7.69. The fourth-order valence-electron chi connectivity index (χ4n) is 2.18. The smallest absolute Gasteiger partial charge is 0.748 e. The Kier molecular flexibility index (Phi) is 14.1. The van der Waals surface area contributed by atoms with Crippen molar-refractivity contribution >= 4 is 10.1 Å². The monoisotopic (exact) mass is 409 g/mol. The van der Waals surface area contributed by atoms with Gasteiger partial charge in [-0.05, 0) is 12.8 Å². The molecule has 0 rings (SSSR count). The third-order valence-corrected chi connectivity index (χ3v) is 4.18. The molecular weight excluding hydrogens is 387 g/mol. The molecule has 0 amide bonds. The van der Waals surface area contributed by atoms with Crippen molar-refractivity contribution in [3.05, 3.63) is 0 Å². The van der Waals surface area contributed by atoms with E-state index < -0.39 is 34.2 Å². The van der Waals surface area contributed by atoms with E-state index in [1.807, 2.05) is 0 Å². The van der Waals surface area contributed by atoms with Crippen LogP contribution in [0.5, 0.6) is 0 Å². The third-order valence-electron chi connectivity index (χ3n) is 3.39. The zero-order chi connectivity index (χ0) is 18.9. The van der Waals surface area contributed by atoms with Gasteiger partial charge in [-0.15, -0.1) is 4.90 Å². The second kappa shape index (κ2) is 12.8. The second-order valence-corrected chi connectivity index (χ2v) is 7.05. The van der Waals surface area contributed by atoms with Crippen LogP contribution in [0.4, 0.5) is 26.3 Å². The zero-order valence-electron chi connectivity index (χ0n) is 14.1. The summed E-state index contributed by atoms with van der Waals surface area (Å²) in [7, 11) is -4.17. The molecule has 0 bridgehead atoms. The molecule has 0 N–H and O–H groups in total. The molecule has 0 aromatic carbocycles. The SMILES string of the molecule is O=S(=O)([O-])CCCCCCCCCCCN(C(F)(F)F)C(F)(F)F.[Na+]. The Morgan fingerprint density at radius 2 is 1.00 bits per heavy atom. The summed E-state index contributed by atoms with van der Waals surface area (Å²) in [5, 5.41) is 0. The van der Waals surface area contributed by atoms with E-state index in [4.69, 9.17) is 0 Å². The van der Waals surface area contributed by atoms with Gasteiger partial charge in [-0.2, -0.15) is 26.3 Å². The fourth-order valence-corrected chi connectivity index (χ4v) is 2.74. The van der Waals surface area contributed by atoms with E-state index in [9.17, 15) is 39.3 Å². The van der Waals surface area contributed by atoms with Gasteiger partial charge in [-0.1, -0.05) is 44.9 Å². The molecule has 0 aromatic rings.